The summed E-state index contributed by atoms with van der Waals surface area (Å²) in [5.74, 6) is 0.856. The van der Waals surface area contributed by atoms with Gasteiger partial charge < -0.3 is 19.7 Å². The van der Waals surface area contributed by atoms with Crippen molar-refractivity contribution in [1.82, 2.24) is 10.2 Å². The summed E-state index contributed by atoms with van der Waals surface area (Å²) in [5.41, 5.74) is 2.91. The van der Waals surface area contributed by atoms with E-state index in [1.54, 1.807) is 38.2 Å². The molecule has 0 spiro atoms. The highest BCUT2D eigenvalue weighted by molar-refractivity contribution is 5.88. The second-order valence-corrected chi connectivity index (χ2v) is 8.08. The third kappa shape index (κ3) is 6.85. The Morgan fingerprint density at radius 3 is 2.06 bits per heavy atom. The Kier molecular flexibility index (Phi) is 9.09. The number of benzene rings is 3. The molecule has 1 N–H and O–H groups in total. The van der Waals surface area contributed by atoms with Crippen LogP contribution in [0.25, 0.3) is 0 Å². The first-order chi connectivity index (χ1) is 16.5. The highest BCUT2D eigenvalue weighted by Crippen LogP contribution is 2.28. The molecule has 2 amide bonds. The van der Waals surface area contributed by atoms with Gasteiger partial charge in [0.05, 0.1) is 20.6 Å². The maximum absolute atomic E-state index is 13.4. The lowest BCUT2D eigenvalue weighted by Gasteiger charge is -2.29. The van der Waals surface area contributed by atoms with Crippen molar-refractivity contribution >= 4 is 11.8 Å². The van der Waals surface area contributed by atoms with Crippen LogP contribution < -0.4 is 14.8 Å². The number of rotatable bonds is 11. The van der Waals surface area contributed by atoms with E-state index in [0.29, 0.717) is 24.6 Å². The second-order valence-electron chi connectivity index (χ2n) is 8.08. The Morgan fingerprint density at radius 1 is 0.824 bits per heavy atom. The van der Waals surface area contributed by atoms with E-state index >= 15 is 0 Å². The summed E-state index contributed by atoms with van der Waals surface area (Å²) < 4.78 is 10.7. The van der Waals surface area contributed by atoms with E-state index < -0.39 is 6.04 Å². The zero-order valence-corrected chi connectivity index (χ0v) is 20.0. The number of carbonyl (C=O) groups excluding carboxylic acids is 2. The fourth-order valence-electron chi connectivity index (χ4n) is 3.75. The standard InChI is InChI=1S/C28H32N2O4/c1-21(28(32)29-17-16-22-10-6-4-7-11-22)30(20-23-12-8-5-9-13-23)27(31)19-24-14-15-25(33-2)26(18-24)34-3/h4-15,18,21H,16-17,19-20H2,1-3H3,(H,29,32). The minimum atomic E-state index is -0.622. The summed E-state index contributed by atoms with van der Waals surface area (Å²) in [5, 5.41) is 2.98. The van der Waals surface area contributed by atoms with E-state index in [2.05, 4.69) is 5.32 Å². The first-order valence-corrected chi connectivity index (χ1v) is 11.4. The summed E-state index contributed by atoms with van der Waals surface area (Å²) in [6, 6.07) is 24.5. The van der Waals surface area contributed by atoms with E-state index in [4.69, 9.17) is 9.47 Å². The quantitative estimate of drug-likeness (QED) is 0.469. The summed E-state index contributed by atoms with van der Waals surface area (Å²) in [4.78, 5) is 28.0. The molecule has 6 nitrogen and oxygen atoms in total. The minimum absolute atomic E-state index is 0.137. The SMILES string of the molecule is COc1ccc(CC(=O)N(Cc2ccccc2)C(C)C(=O)NCCc2ccccc2)cc1OC. The van der Waals surface area contributed by atoms with Gasteiger partial charge in [-0.15, -0.1) is 0 Å². The van der Waals surface area contributed by atoms with Crippen molar-refractivity contribution < 1.29 is 19.1 Å². The fraction of sp³-hybridized carbons (Fsp3) is 0.286. The van der Waals surface area contributed by atoms with Gasteiger partial charge in [-0.3, -0.25) is 9.59 Å². The smallest absolute Gasteiger partial charge is 0.242 e. The molecule has 178 valence electrons. The number of ether oxygens (including phenoxy) is 2. The number of hydrogen-bond acceptors (Lipinski definition) is 4. The summed E-state index contributed by atoms with van der Waals surface area (Å²) in [6.07, 6.45) is 0.881. The van der Waals surface area contributed by atoms with Crippen LogP contribution in [0.5, 0.6) is 11.5 Å². The molecule has 1 atom stereocenters. The third-order valence-electron chi connectivity index (χ3n) is 5.72. The molecule has 0 aromatic heterocycles. The lowest BCUT2D eigenvalue weighted by atomic mass is 10.1. The highest BCUT2D eigenvalue weighted by atomic mass is 16.5. The first kappa shape index (κ1) is 24.8. The van der Waals surface area contributed by atoms with Crippen LogP contribution in [-0.4, -0.2) is 43.5 Å². The molecule has 6 heteroatoms. The van der Waals surface area contributed by atoms with Crippen LogP contribution in [0, 0.1) is 0 Å². The van der Waals surface area contributed by atoms with Crippen LogP contribution >= 0.6 is 0 Å². The largest absolute Gasteiger partial charge is 0.493 e. The van der Waals surface area contributed by atoms with Gasteiger partial charge in [0.25, 0.3) is 0 Å². The predicted molar refractivity (Wildman–Crippen MR) is 133 cm³/mol. The van der Waals surface area contributed by atoms with Gasteiger partial charge in [-0.1, -0.05) is 66.7 Å². The molecule has 0 saturated heterocycles. The van der Waals surface area contributed by atoms with Crippen LogP contribution in [-0.2, 0) is 29.0 Å². The van der Waals surface area contributed by atoms with Crippen molar-refractivity contribution in [2.24, 2.45) is 0 Å². The van der Waals surface area contributed by atoms with E-state index in [1.807, 2.05) is 66.7 Å². The van der Waals surface area contributed by atoms with Crippen molar-refractivity contribution in [1.29, 1.82) is 0 Å². The third-order valence-corrected chi connectivity index (χ3v) is 5.72. The predicted octanol–water partition coefficient (Wildman–Crippen LogP) is 4.02. The Labute approximate surface area is 201 Å². The Balaban J connectivity index is 1.71. The zero-order valence-electron chi connectivity index (χ0n) is 20.0. The van der Waals surface area contributed by atoms with Gasteiger partial charge in [-0.05, 0) is 42.2 Å². The van der Waals surface area contributed by atoms with Crippen LogP contribution in [0.2, 0.25) is 0 Å². The van der Waals surface area contributed by atoms with Crippen LogP contribution in [0.1, 0.15) is 23.6 Å². The Morgan fingerprint density at radius 2 is 1.44 bits per heavy atom. The second kappa shape index (κ2) is 12.4. The summed E-state index contributed by atoms with van der Waals surface area (Å²) in [6.45, 7) is 2.63. The first-order valence-electron chi connectivity index (χ1n) is 11.4. The maximum Gasteiger partial charge on any atom is 0.242 e. The molecular formula is C28H32N2O4. The average Bonchev–Trinajstić information content (AvgIpc) is 2.87. The number of methoxy groups -OCH3 is 2. The van der Waals surface area contributed by atoms with Crippen molar-refractivity contribution in [2.45, 2.75) is 32.4 Å². The maximum atomic E-state index is 13.4. The molecule has 0 heterocycles. The highest BCUT2D eigenvalue weighted by Gasteiger charge is 2.26. The van der Waals surface area contributed by atoms with Gasteiger partial charge >= 0.3 is 0 Å². The Hall–Kier alpha value is -3.80. The van der Waals surface area contributed by atoms with Gasteiger partial charge in [0.2, 0.25) is 11.8 Å². The van der Waals surface area contributed by atoms with Gasteiger partial charge in [-0.2, -0.15) is 0 Å². The normalized spacial score (nSPS) is 11.4. The zero-order chi connectivity index (χ0) is 24.3. The van der Waals surface area contributed by atoms with Crippen molar-refractivity contribution in [3.8, 4) is 11.5 Å². The molecule has 3 aromatic carbocycles. The van der Waals surface area contributed by atoms with Gasteiger partial charge in [0, 0.05) is 13.1 Å². The molecular weight excluding hydrogens is 428 g/mol. The number of amides is 2. The van der Waals surface area contributed by atoms with E-state index in [9.17, 15) is 9.59 Å². The fourth-order valence-corrected chi connectivity index (χ4v) is 3.75. The molecule has 34 heavy (non-hydrogen) atoms. The van der Waals surface area contributed by atoms with E-state index in [-0.39, 0.29) is 18.2 Å². The van der Waals surface area contributed by atoms with Crippen molar-refractivity contribution in [2.75, 3.05) is 20.8 Å². The number of nitrogens with one attached hydrogen (secondary N) is 1. The molecule has 0 aliphatic carbocycles. The number of hydrogen-bond donors (Lipinski definition) is 1. The van der Waals surface area contributed by atoms with E-state index in [0.717, 1.165) is 23.1 Å². The summed E-state index contributed by atoms with van der Waals surface area (Å²) in [7, 11) is 3.13. The molecule has 1 unspecified atom stereocenters. The van der Waals surface area contributed by atoms with E-state index in [1.165, 1.54) is 0 Å². The molecule has 0 bridgehead atoms. The van der Waals surface area contributed by atoms with Crippen LogP contribution in [0.4, 0.5) is 0 Å². The molecule has 3 aromatic rings. The molecule has 0 aliphatic heterocycles. The Bertz CT molecular complexity index is 1070. The lowest BCUT2D eigenvalue weighted by Crippen LogP contribution is -2.48. The van der Waals surface area contributed by atoms with Crippen molar-refractivity contribution in [3.63, 3.8) is 0 Å². The number of carbonyl (C=O) groups is 2. The van der Waals surface area contributed by atoms with Gasteiger partial charge in [0.15, 0.2) is 11.5 Å². The minimum Gasteiger partial charge on any atom is -0.493 e. The van der Waals surface area contributed by atoms with Gasteiger partial charge in [-0.25, -0.2) is 0 Å². The molecule has 0 aliphatic rings. The lowest BCUT2D eigenvalue weighted by molar-refractivity contribution is -0.140. The monoisotopic (exact) mass is 460 g/mol. The molecule has 3 rings (SSSR count). The van der Waals surface area contributed by atoms with Gasteiger partial charge in [0.1, 0.15) is 6.04 Å². The number of nitrogens with zero attached hydrogens (tertiary/aromatic N) is 1. The van der Waals surface area contributed by atoms with Crippen molar-refractivity contribution in [3.05, 3.63) is 95.6 Å². The molecule has 0 saturated carbocycles. The molecule has 0 fully saturated rings. The van der Waals surface area contributed by atoms with Crippen LogP contribution in [0.3, 0.4) is 0 Å². The molecule has 0 radical (unpaired) electrons. The topological polar surface area (TPSA) is 67.9 Å². The average molecular weight is 461 g/mol. The summed E-state index contributed by atoms with van der Waals surface area (Å²) >= 11 is 0. The van der Waals surface area contributed by atoms with Crippen LogP contribution in [0.15, 0.2) is 78.9 Å².